The van der Waals surface area contributed by atoms with Crippen molar-refractivity contribution >= 4 is 5.82 Å². The lowest BCUT2D eigenvalue weighted by Gasteiger charge is -2.11. The average Bonchev–Trinajstić information content (AvgIpc) is 2.45. The van der Waals surface area contributed by atoms with Gasteiger partial charge in [-0.25, -0.2) is 9.97 Å². The van der Waals surface area contributed by atoms with E-state index in [4.69, 9.17) is 15.7 Å². The maximum atomic E-state index is 9.02. The molecular weight excluding hydrogens is 252 g/mol. The van der Waals surface area contributed by atoms with E-state index in [-0.39, 0.29) is 5.92 Å². The lowest BCUT2D eigenvalue weighted by Crippen LogP contribution is -2.03. The number of nitriles is 1. The number of hydrogen-bond acceptors (Lipinski definition) is 5. The molecular formula is C15H16N4O. The number of ether oxygens (including phenoxy) is 1. The molecule has 2 rings (SSSR count). The van der Waals surface area contributed by atoms with E-state index in [1.807, 2.05) is 13.8 Å². The van der Waals surface area contributed by atoms with Crippen molar-refractivity contribution in [2.75, 3.05) is 12.8 Å². The second-order valence-corrected chi connectivity index (χ2v) is 4.72. The van der Waals surface area contributed by atoms with E-state index in [0.29, 0.717) is 28.6 Å². The van der Waals surface area contributed by atoms with Crippen LogP contribution in [0.1, 0.15) is 31.2 Å². The van der Waals surface area contributed by atoms with Crippen LogP contribution < -0.4 is 10.5 Å². The van der Waals surface area contributed by atoms with E-state index in [2.05, 4.69) is 16.0 Å². The smallest absolute Gasteiger partial charge is 0.133 e. The number of anilines is 1. The Bertz CT molecular complexity index is 674. The monoisotopic (exact) mass is 268 g/mol. The van der Waals surface area contributed by atoms with Crippen LogP contribution in [0.3, 0.4) is 0 Å². The Morgan fingerprint density at radius 3 is 2.60 bits per heavy atom. The molecule has 1 aromatic heterocycles. The third-order valence-corrected chi connectivity index (χ3v) is 2.88. The molecule has 2 aromatic rings. The van der Waals surface area contributed by atoms with Crippen LogP contribution in [0, 0.1) is 11.3 Å². The summed E-state index contributed by atoms with van der Waals surface area (Å²) >= 11 is 0. The molecule has 0 aliphatic carbocycles. The molecule has 102 valence electrons. The number of nitrogens with two attached hydrogens (primary N) is 1. The van der Waals surface area contributed by atoms with E-state index in [9.17, 15) is 0 Å². The first-order valence-corrected chi connectivity index (χ1v) is 6.28. The Hall–Kier alpha value is -2.61. The zero-order chi connectivity index (χ0) is 14.7. The maximum absolute atomic E-state index is 9.02. The van der Waals surface area contributed by atoms with Gasteiger partial charge in [-0.05, 0) is 18.2 Å². The first-order chi connectivity index (χ1) is 9.55. The van der Waals surface area contributed by atoms with Crippen LogP contribution in [0.2, 0.25) is 0 Å². The minimum Gasteiger partial charge on any atom is -0.496 e. The van der Waals surface area contributed by atoms with Gasteiger partial charge in [0.25, 0.3) is 0 Å². The molecule has 1 heterocycles. The van der Waals surface area contributed by atoms with Gasteiger partial charge >= 0.3 is 0 Å². The molecule has 0 aliphatic rings. The summed E-state index contributed by atoms with van der Waals surface area (Å²) in [5, 5.41) is 9.02. The molecule has 0 unspecified atom stereocenters. The van der Waals surface area contributed by atoms with Crippen LogP contribution in [0.15, 0.2) is 24.3 Å². The van der Waals surface area contributed by atoms with Gasteiger partial charge in [-0.2, -0.15) is 5.26 Å². The van der Waals surface area contributed by atoms with Gasteiger partial charge in [-0.1, -0.05) is 13.8 Å². The summed E-state index contributed by atoms with van der Waals surface area (Å²) in [6.07, 6.45) is 0. The number of rotatable bonds is 3. The predicted octanol–water partition coefficient (Wildman–Crippen LogP) is 2.73. The van der Waals surface area contributed by atoms with E-state index >= 15 is 0 Å². The molecule has 5 nitrogen and oxygen atoms in total. The number of methoxy groups -OCH3 is 1. The molecule has 0 spiro atoms. The Labute approximate surface area is 118 Å². The summed E-state index contributed by atoms with van der Waals surface area (Å²) in [5.41, 5.74) is 7.79. The predicted molar refractivity (Wildman–Crippen MR) is 77.2 cm³/mol. The Kier molecular flexibility index (Phi) is 3.85. The molecule has 0 aliphatic heterocycles. The van der Waals surface area contributed by atoms with Crippen molar-refractivity contribution in [1.82, 2.24) is 9.97 Å². The summed E-state index contributed by atoms with van der Waals surface area (Å²) in [6, 6.07) is 8.99. The molecule has 20 heavy (non-hydrogen) atoms. The largest absolute Gasteiger partial charge is 0.496 e. The first-order valence-electron chi connectivity index (χ1n) is 6.28. The summed E-state index contributed by atoms with van der Waals surface area (Å²) in [4.78, 5) is 8.72. The molecule has 0 atom stereocenters. The molecule has 0 fully saturated rings. The topological polar surface area (TPSA) is 84.8 Å². The molecule has 0 amide bonds. The highest BCUT2D eigenvalue weighted by atomic mass is 16.5. The average molecular weight is 268 g/mol. The van der Waals surface area contributed by atoms with Crippen molar-refractivity contribution in [3.63, 3.8) is 0 Å². The van der Waals surface area contributed by atoms with Gasteiger partial charge in [0.05, 0.1) is 24.4 Å². The van der Waals surface area contributed by atoms with Crippen LogP contribution in [-0.4, -0.2) is 17.1 Å². The molecule has 5 heteroatoms. The zero-order valence-electron chi connectivity index (χ0n) is 11.7. The van der Waals surface area contributed by atoms with E-state index < -0.39 is 0 Å². The minimum atomic E-state index is 0.169. The van der Waals surface area contributed by atoms with Crippen molar-refractivity contribution in [2.24, 2.45) is 0 Å². The molecule has 1 aromatic carbocycles. The van der Waals surface area contributed by atoms with Crippen molar-refractivity contribution in [2.45, 2.75) is 19.8 Å². The van der Waals surface area contributed by atoms with Gasteiger partial charge in [-0.15, -0.1) is 0 Å². The standard InChI is InChI=1S/C15H16N4O/c1-9(2)15-18-12(7-14(17)19-15)11-6-10(8-16)4-5-13(11)20-3/h4-7,9H,1-3H3,(H2,17,18,19). The number of nitrogen functional groups attached to an aromatic ring is 1. The van der Waals surface area contributed by atoms with Crippen molar-refractivity contribution in [1.29, 1.82) is 5.26 Å². The van der Waals surface area contributed by atoms with E-state index in [1.54, 1.807) is 31.4 Å². The minimum absolute atomic E-state index is 0.169. The van der Waals surface area contributed by atoms with Crippen LogP contribution in [0.5, 0.6) is 5.75 Å². The van der Waals surface area contributed by atoms with Crippen LogP contribution in [0.25, 0.3) is 11.3 Å². The van der Waals surface area contributed by atoms with Crippen LogP contribution in [-0.2, 0) is 0 Å². The fourth-order valence-electron chi connectivity index (χ4n) is 1.86. The number of benzene rings is 1. The fourth-order valence-corrected chi connectivity index (χ4v) is 1.86. The third kappa shape index (κ3) is 2.69. The fraction of sp³-hybridized carbons (Fsp3) is 0.267. The summed E-state index contributed by atoms with van der Waals surface area (Å²) in [5.74, 6) is 1.90. The molecule has 0 bridgehead atoms. The quantitative estimate of drug-likeness (QED) is 0.925. The summed E-state index contributed by atoms with van der Waals surface area (Å²) in [6.45, 7) is 4.00. The molecule has 2 N–H and O–H groups in total. The summed E-state index contributed by atoms with van der Waals surface area (Å²) < 4.78 is 5.33. The lowest BCUT2D eigenvalue weighted by atomic mass is 10.1. The van der Waals surface area contributed by atoms with Gasteiger partial charge in [0, 0.05) is 17.5 Å². The van der Waals surface area contributed by atoms with Gasteiger partial charge in [0.2, 0.25) is 0 Å². The molecule has 0 saturated heterocycles. The maximum Gasteiger partial charge on any atom is 0.133 e. The van der Waals surface area contributed by atoms with Crippen molar-refractivity contribution in [3.05, 3.63) is 35.7 Å². The van der Waals surface area contributed by atoms with Crippen LogP contribution in [0.4, 0.5) is 5.82 Å². The molecule has 0 saturated carbocycles. The van der Waals surface area contributed by atoms with E-state index in [1.165, 1.54) is 0 Å². The van der Waals surface area contributed by atoms with Crippen LogP contribution >= 0.6 is 0 Å². The highest BCUT2D eigenvalue weighted by Gasteiger charge is 2.12. The summed E-state index contributed by atoms with van der Waals surface area (Å²) in [7, 11) is 1.58. The molecule has 0 radical (unpaired) electrons. The SMILES string of the molecule is COc1ccc(C#N)cc1-c1cc(N)nc(C(C)C)n1. The highest BCUT2D eigenvalue weighted by molar-refractivity contribution is 5.70. The number of nitrogens with zero attached hydrogens (tertiary/aromatic N) is 3. The van der Waals surface area contributed by atoms with Gasteiger partial charge in [0.1, 0.15) is 17.4 Å². The Morgan fingerprint density at radius 2 is 2.00 bits per heavy atom. The number of aromatic nitrogens is 2. The first kappa shape index (κ1) is 13.8. The Morgan fingerprint density at radius 1 is 1.25 bits per heavy atom. The Balaban J connectivity index is 2.64. The number of hydrogen-bond donors (Lipinski definition) is 1. The van der Waals surface area contributed by atoms with Gasteiger partial charge < -0.3 is 10.5 Å². The van der Waals surface area contributed by atoms with Crippen molar-refractivity contribution < 1.29 is 4.74 Å². The normalized spacial score (nSPS) is 10.3. The van der Waals surface area contributed by atoms with Gasteiger partial charge in [0.15, 0.2) is 0 Å². The second-order valence-electron chi connectivity index (χ2n) is 4.72. The highest BCUT2D eigenvalue weighted by Crippen LogP contribution is 2.31. The van der Waals surface area contributed by atoms with Gasteiger partial charge in [-0.3, -0.25) is 0 Å². The van der Waals surface area contributed by atoms with Crippen molar-refractivity contribution in [3.8, 4) is 23.1 Å². The second kappa shape index (κ2) is 5.57. The zero-order valence-corrected chi connectivity index (χ0v) is 11.7. The third-order valence-electron chi connectivity index (χ3n) is 2.88. The lowest BCUT2D eigenvalue weighted by molar-refractivity contribution is 0.416. The van der Waals surface area contributed by atoms with E-state index in [0.717, 1.165) is 5.56 Å².